The molecule has 7 nitrogen and oxygen atoms in total. The highest BCUT2D eigenvalue weighted by Crippen LogP contribution is 2.17. The van der Waals surface area contributed by atoms with E-state index in [9.17, 15) is 18.0 Å². The van der Waals surface area contributed by atoms with E-state index in [2.05, 4.69) is 10.6 Å². The molecule has 162 valence electrons. The molecule has 0 saturated heterocycles. The highest BCUT2D eigenvalue weighted by atomic mass is 32.2. The van der Waals surface area contributed by atoms with Crippen molar-refractivity contribution in [2.75, 3.05) is 18.1 Å². The molecule has 0 aliphatic carbocycles. The standard InChI is InChI=1S/C22H29N3O4S/c1-16-10-12-17(13-11-16)14-25(30(5,28)29)15-20(26)23-19-9-7-6-8-18(19)21(27)24-22(2,3)4/h6-13H,14-15H2,1-5H3,(H,23,26)(H,24,27). The molecule has 0 heterocycles. The van der Waals surface area contributed by atoms with Gasteiger partial charge in [0.1, 0.15) is 0 Å². The number of sulfonamides is 1. The Morgan fingerprint density at radius 3 is 2.17 bits per heavy atom. The number of nitrogens with zero attached hydrogens (tertiary/aromatic N) is 1. The van der Waals surface area contributed by atoms with Gasteiger partial charge in [0.2, 0.25) is 15.9 Å². The first-order valence-corrected chi connectivity index (χ1v) is 11.4. The van der Waals surface area contributed by atoms with Crippen molar-refractivity contribution in [3.63, 3.8) is 0 Å². The second-order valence-corrected chi connectivity index (χ2v) is 10.3. The Morgan fingerprint density at radius 2 is 1.60 bits per heavy atom. The van der Waals surface area contributed by atoms with Gasteiger partial charge >= 0.3 is 0 Å². The molecule has 30 heavy (non-hydrogen) atoms. The zero-order chi connectivity index (χ0) is 22.5. The lowest BCUT2D eigenvalue weighted by Gasteiger charge is -2.22. The summed E-state index contributed by atoms with van der Waals surface area (Å²) < 4.78 is 25.5. The molecule has 0 spiro atoms. The molecule has 8 heteroatoms. The van der Waals surface area contributed by atoms with E-state index in [0.717, 1.165) is 21.7 Å². The van der Waals surface area contributed by atoms with Crippen LogP contribution in [0.2, 0.25) is 0 Å². The third-order valence-corrected chi connectivity index (χ3v) is 5.40. The number of rotatable bonds is 7. The van der Waals surface area contributed by atoms with Gasteiger partial charge in [0.05, 0.1) is 24.1 Å². The van der Waals surface area contributed by atoms with Crippen LogP contribution in [0.3, 0.4) is 0 Å². The number of carbonyl (C=O) groups is 2. The second kappa shape index (κ2) is 9.40. The molecule has 2 aromatic rings. The maximum atomic E-state index is 12.6. The molecule has 2 rings (SSSR count). The van der Waals surface area contributed by atoms with E-state index >= 15 is 0 Å². The number of hydrogen-bond acceptors (Lipinski definition) is 4. The number of nitrogens with one attached hydrogen (secondary N) is 2. The van der Waals surface area contributed by atoms with Crippen molar-refractivity contribution in [1.29, 1.82) is 0 Å². The highest BCUT2D eigenvalue weighted by molar-refractivity contribution is 7.88. The number of amides is 2. The van der Waals surface area contributed by atoms with Crippen LogP contribution in [0.5, 0.6) is 0 Å². The monoisotopic (exact) mass is 431 g/mol. The third kappa shape index (κ3) is 7.27. The maximum absolute atomic E-state index is 12.6. The van der Waals surface area contributed by atoms with Crippen LogP contribution in [-0.2, 0) is 21.4 Å². The molecular weight excluding hydrogens is 402 g/mol. The largest absolute Gasteiger partial charge is 0.347 e. The minimum Gasteiger partial charge on any atom is -0.347 e. The summed E-state index contributed by atoms with van der Waals surface area (Å²) in [6.45, 7) is 7.25. The van der Waals surface area contributed by atoms with E-state index in [1.54, 1.807) is 24.3 Å². The quantitative estimate of drug-likeness (QED) is 0.705. The van der Waals surface area contributed by atoms with E-state index in [1.165, 1.54) is 0 Å². The Labute approximate surface area is 178 Å². The first-order chi connectivity index (χ1) is 13.8. The van der Waals surface area contributed by atoms with Crippen LogP contribution in [0.4, 0.5) is 5.69 Å². The summed E-state index contributed by atoms with van der Waals surface area (Å²) in [5, 5.41) is 5.52. The molecule has 0 radical (unpaired) electrons. The molecule has 2 N–H and O–H groups in total. The summed E-state index contributed by atoms with van der Waals surface area (Å²) in [6, 6.07) is 14.1. The van der Waals surface area contributed by atoms with E-state index in [4.69, 9.17) is 0 Å². The first kappa shape index (κ1) is 23.6. The number of hydrogen-bond donors (Lipinski definition) is 2. The van der Waals surface area contributed by atoms with Gasteiger partial charge < -0.3 is 10.6 Å². The Hall–Kier alpha value is -2.71. The Balaban J connectivity index is 2.16. The lowest BCUT2D eigenvalue weighted by molar-refractivity contribution is -0.116. The molecule has 0 bridgehead atoms. The third-order valence-electron chi connectivity index (χ3n) is 4.20. The Bertz CT molecular complexity index is 1010. The summed E-state index contributed by atoms with van der Waals surface area (Å²) in [6.07, 6.45) is 1.07. The van der Waals surface area contributed by atoms with Gasteiger partial charge in [-0.3, -0.25) is 9.59 Å². The van der Waals surface area contributed by atoms with E-state index < -0.39 is 21.5 Å². The predicted octanol–water partition coefficient (Wildman–Crippen LogP) is 2.92. The molecule has 0 unspecified atom stereocenters. The van der Waals surface area contributed by atoms with Crippen LogP contribution in [0.25, 0.3) is 0 Å². The maximum Gasteiger partial charge on any atom is 0.253 e. The normalized spacial score (nSPS) is 11.9. The zero-order valence-corrected chi connectivity index (χ0v) is 18.8. The molecule has 0 atom stereocenters. The fourth-order valence-corrected chi connectivity index (χ4v) is 3.47. The Kier molecular flexibility index (Phi) is 7.39. The molecule has 0 aliphatic heterocycles. The summed E-state index contributed by atoms with van der Waals surface area (Å²) in [7, 11) is -3.62. The Morgan fingerprint density at radius 1 is 1.00 bits per heavy atom. The van der Waals surface area contributed by atoms with Crippen molar-refractivity contribution in [1.82, 2.24) is 9.62 Å². The van der Waals surface area contributed by atoms with Crippen molar-refractivity contribution >= 4 is 27.5 Å². The van der Waals surface area contributed by atoms with Gasteiger partial charge in [-0.05, 0) is 45.4 Å². The summed E-state index contributed by atoms with van der Waals surface area (Å²) in [5.41, 5.74) is 2.05. The van der Waals surface area contributed by atoms with Crippen molar-refractivity contribution < 1.29 is 18.0 Å². The smallest absolute Gasteiger partial charge is 0.253 e. The van der Waals surface area contributed by atoms with Gasteiger partial charge in [-0.25, -0.2) is 8.42 Å². The number of anilines is 1. The number of carbonyl (C=O) groups excluding carboxylic acids is 2. The molecule has 0 fully saturated rings. The average Bonchev–Trinajstić information content (AvgIpc) is 2.61. The fourth-order valence-electron chi connectivity index (χ4n) is 2.74. The number of aryl methyl sites for hydroxylation is 1. The fraction of sp³-hybridized carbons (Fsp3) is 0.364. The molecule has 0 aromatic heterocycles. The van der Waals surface area contributed by atoms with Gasteiger partial charge in [-0.15, -0.1) is 0 Å². The first-order valence-electron chi connectivity index (χ1n) is 9.57. The van der Waals surface area contributed by atoms with Crippen LogP contribution in [-0.4, -0.2) is 42.9 Å². The van der Waals surface area contributed by atoms with Gasteiger partial charge in [0, 0.05) is 12.1 Å². The summed E-state index contributed by atoms with van der Waals surface area (Å²) in [5.74, 6) is -0.846. The summed E-state index contributed by atoms with van der Waals surface area (Å²) in [4.78, 5) is 25.2. The van der Waals surface area contributed by atoms with Crippen molar-refractivity contribution in [3.05, 3.63) is 65.2 Å². The van der Waals surface area contributed by atoms with Crippen LogP contribution in [0.1, 0.15) is 42.3 Å². The lowest BCUT2D eigenvalue weighted by atomic mass is 10.1. The van der Waals surface area contributed by atoms with Crippen molar-refractivity contribution in [2.45, 2.75) is 39.8 Å². The topological polar surface area (TPSA) is 95.6 Å². The van der Waals surface area contributed by atoms with Gasteiger partial charge in [0.25, 0.3) is 5.91 Å². The zero-order valence-electron chi connectivity index (χ0n) is 18.0. The molecule has 0 aliphatic rings. The van der Waals surface area contributed by atoms with Gasteiger partial charge in [-0.1, -0.05) is 42.0 Å². The van der Waals surface area contributed by atoms with E-state index in [-0.39, 0.29) is 19.0 Å². The average molecular weight is 432 g/mol. The highest BCUT2D eigenvalue weighted by Gasteiger charge is 2.23. The van der Waals surface area contributed by atoms with Crippen LogP contribution < -0.4 is 10.6 Å². The SMILES string of the molecule is Cc1ccc(CN(CC(=O)Nc2ccccc2C(=O)NC(C)(C)C)S(C)(=O)=O)cc1. The van der Waals surface area contributed by atoms with Crippen LogP contribution in [0.15, 0.2) is 48.5 Å². The molecule has 2 amide bonds. The van der Waals surface area contributed by atoms with Crippen LogP contribution in [0, 0.1) is 6.92 Å². The van der Waals surface area contributed by atoms with E-state index in [1.807, 2.05) is 52.0 Å². The predicted molar refractivity (Wildman–Crippen MR) is 119 cm³/mol. The minimum atomic E-state index is -3.62. The molecule has 2 aromatic carbocycles. The van der Waals surface area contributed by atoms with Crippen molar-refractivity contribution in [2.24, 2.45) is 0 Å². The number of para-hydroxylation sites is 1. The second-order valence-electron chi connectivity index (χ2n) is 8.31. The lowest BCUT2D eigenvalue weighted by Crippen LogP contribution is -2.41. The number of benzene rings is 2. The van der Waals surface area contributed by atoms with Gasteiger partial charge in [-0.2, -0.15) is 4.31 Å². The summed E-state index contributed by atoms with van der Waals surface area (Å²) >= 11 is 0. The van der Waals surface area contributed by atoms with Crippen LogP contribution >= 0.6 is 0 Å². The molecular formula is C22H29N3O4S. The molecule has 0 saturated carbocycles. The van der Waals surface area contributed by atoms with Gasteiger partial charge in [0.15, 0.2) is 0 Å². The van der Waals surface area contributed by atoms with E-state index in [0.29, 0.717) is 11.3 Å². The minimum absolute atomic E-state index is 0.0820. The van der Waals surface area contributed by atoms with Crippen molar-refractivity contribution in [3.8, 4) is 0 Å².